The molecule has 0 fully saturated rings. The number of carbonyl (C=O) groups is 1. The van der Waals surface area contributed by atoms with Gasteiger partial charge in [0.25, 0.3) is 0 Å². The molecule has 0 unspecified atom stereocenters. The van der Waals surface area contributed by atoms with Gasteiger partial charge in [-0.3, -0.25) is 4.79 Å². The lowest BCUT2D eigenvalue weighted by Gasteiger charge is -2.16. The van der Waals surface area contributed by atoms with Crippen LogP contribution in [0.4, 0.5) is 5.69 Å². The highest BCUT2D eigenvalue weighted by Crippen LogP contribution is 2.25. The monoisotopic (exact) mass is 225 g/mol. The summed E-state index contributed by atoms with van der Waals surface area (Å²) in [6.45, 7) is 0.752. The molecule has 1 N–H and O–H groups in total. The summed E-state index contributed by atoms with van der Waals surface area (Å²) in [5.41, 5.74) is 1.75. The minimum atomic E-state index is 0.233. The second-order valence-corrected chi connectivity index (χ2v) is 3.71. The lowest BCUT2D eigenvalue weighted by molar-refractivity contribution is 0.0984. The first-order chi connectivity index (χ1) is 5.77. The van der Waals surface area contributed by atoms with Crippen molar-refractivity contribution in [1.82, 2.24) is 0 Å². The van der Waals surface area contributed by atoms with Crippen molar-refractivity contribution in [2.45, 2.75) is 6.42 Å². The molecule has 0 radical (unpaired) electrons. The Morgan fingerprint density at radius 2 is 2.25 bits per heavy atom. The van der Waals surface area contributed by atoms with Gasteiger partial charge in [0.05, 0.1) is 0 Å². The van der Waals surface area contributed by atoms with Gasteiger partial charge in [-0.15, -0.1) is 0 Å². The van der Waals surface area contributed by atoms with Crippen molar-refractivity contribution in [3.05, 3.63) is 28.2 Å². The summed E-state index contributed by atoms with van der Waals surface area (Å²) in [6, 6.07) is 5.68. The average molecular weight is 226 g/mol. The van der Waals surface area contributed by atoms with Crippen LogP contribution in [-0.2, 0) is 0 Å². The Morgan fingerprint density at radius 1 is 1.42 bits per heavy atom. The minimum Gasteiger partial charge on any atom is -0.384 e. The zero-order chi connectivity index (χ0) is 8.55. The van der Waals surface area contributed by atoms with Gasteiger partial charge in [0.1, 0.15) is 0 Å². The lowest BCUT2D eigenvalue weighted by Crippen LogP contribution is -2.17. The standard InChI is InChI=1S/C9H8BrNO/c10-6-1-2-7-8(5-6)11-4-3-9(7)12/h1-2,5,11H,3-4H2. The summed E-state index contributed by atoms with van der Waals surface area (Å²) in [7, 11) is 0. The van der Waals surface area contributed by atoms with Crippen LogP contribution in [0, 0.1) is 0 Å². The van der Waals surface area contributed by atoms with Crippen LogP contribution in [-0.4, -0.2) is 12.3 Å². The van der Waals surface area contributed by atoms with Gasteiger partial charge in [-0.2, -0.15) is 0 Å². The predicted octanol–water partition coefficient (Wildman–Crippen LogP) is 2.45. The van der Waals surface area contributed by atoms with Crippen molar-refractivity contribution in [2.75, 3.05) is 11.9 Å². The maximum atomic E-state index is 11.3. The van der Waals surface area contributed by atoms with Crippen molar-refractivity contribution >= 4 is 27.4 Å². The van der Waals surface area contributed by atoms with Crippen molar-refractivity contribution in [3.63, 3.8) is 0 Å². The number of Topliss-reactive ketones (excluding diaryl/α,β-unsaturated/α-hetero) is 1. The Balaban J connectivity index is 2.53. The van der Waals surface area contributed by atoms with Crippen LogP contribution in [0.15, 0.2) is 22.7 Å². The molecular formula is C9H8BrNO. The molecule has 0 atom stereocenters. The van der Waals surface area contributed by atoms with Crippen LogP contribution in [0.2, 0.25) is 0 Å². The highest BCUT2D eigenvalue weighted by atomic mass is 79.9. The van der Waals surface area contributed by atoms with Crippen LogP contribution < -0.4 is 5.32 Å². The molecule has 12 heavy (non-hydrogen) atoms. The number of ketones is 1. The van der Waals surface area contributed by atoms with E-state index in [-0.39, 0.29) is 5.78 Å². The number of nitrogens with one attached hydrogen (secondary N) is 1. The first kappa shape index (κ1) is 7.80. The molecule has 0 saturated carbocycles. The second kappa shape index (κ2) is 2.90. The topological polar surface area (TPSA) is 29.1 Å². The molecule has 0 saturated heterocycles. The van der Waals surface area contributed by atoms with Crippen LogP contribution in [0.1, 0.15) is 16.8 Å². The summed E-state index contributed by atoms with van der Waals surface area (Å²) in [5.74, 6) is 0.233. The Morgan fingerprint density at radius 3 is 3.08 bits per heavy atom. The normalized spacial score (nSPS) is 15.2. The third-order valence-corrected chi connectivity index (χ3v) is 2.44. The number of benzene rings is 1. The van der Waals surface area contributed by atoms with Crippen molar-refractivity contribution < 1.29 is 4.79 Å². The molecule has 0 spiro atoms. The maximum Gasteiger partial charge on any atom is 0.166 e. The second-order valence-electron chi connectivity index (χ2n) is 2.79. The SMILES string of the molecule is O=C1CCNc2cc(Br)ccc21. The van der Waals surface area contributed by atoms with Crippen molar-refractivity contribution in [3.8, 4) is 0 Å². The number of fused-ring (bicyclic) bond motifs is 1. The molecule has 1 aliphatic heterocycles. The number of hydrogen-bond acceptors (Lipinski definition) is 2. The van der Waals surface area contributed by atoms with E-state index in [0.29, 0.717) is 6.42 Å². The number of carbonyl (C=O) groups excluding carboxylic acids is 1. The van der Waals surface area contributed by atoms with Gasteiger partial charge in [0.2, 0.25) is 0 Å². The van der Waals surface area contributed by atoms with Gasteiger partial charge in [0, 0.05) is 28.7 Å². The molecule has 2 rings (SSSR count). The molecule has 2 nitrogen and oxygen atoms in total. The predicted molar refractivity (Wildman–Crippen MR) is 51.6 cm³/mol. The highest BCUT2D eigenvalue weighted by molar-refractivity contribution is 9.10. The first-order valence-corrected chi connectivity index (χ1v) is 4.63. The minimum absolute atomic E-state index is 0.233. The van der Waals surface area contributed by atoms with Crippen molar-refractivity contribution in [2.24, 2.45) is 0 Å². The van der Waals surface area contributed by atoms with E-state index in [0.717, 1.165) is 22.3 Å². The molecule has 0 aliphatic carbocycles. The maximum absolute atomic E-state index is 11.3. The van der Waals surface area contributed by atoms with E-state index in [2.05, 4.69) is 21.2 Å². The van der Waals surface area contributed by atoms with Gasteiger partial charge in [-0.25, -0.2) is 0 Å². The Kier molecular flexibility index (Phi) is 1.89. The Labute approximate surface area is 79.1 Å². The quantitative estimate of drug-likeness (QED) is 0.736. The molecular weight excluding hydrogens is 218 g/mol. The van der Waals surface area contributed by atoms with Crippen molar-refractivity contribution in [1.29, 1.82) is 0 Å². The molecule has 0 aromatic heterocycles. The van der Waals surface area contributed by atoms with E-state index in [1.165, 1.54) is 0 Å². The van der Waals surface area contributed by atoms with E-state index < -0.39 is 0 Å². The first-order valence-electron chi connectivity index (χ1n) is 3.84. The van der Waals surface area contributed by atoms with Crippen LogP contribution >= 0.6 is 15.9 Å². The summed E-state index contributed by atoms with van der Waals surface area (Å²) in [6.07, 6.45) is 0.606. The van der Waals surface area contributed by atoms with E-state index in [9.17, 15) is 4.79 Å². The van der Waals surface area contributed by atoms with E-state index in [1.54, 1.807) is 0 Å². The molecule has 1 aromatic rings. The molecule has 1 heterocycles. The van der Waals surface area contributed by atoms with Crippen LogP contribution in [0.5, 0.6) is 0 Å². The van der Waals surface area contributed by atoms with E-state index in [4.69, 9.17) is 0 Å². The van der Waals surface area contributed by atoms with Crippen LogP contribution in [0.3, 0.4) is 0 Å². The highest BCUT2D eigenvalue weighted by Gasteiger charge is 2.15. The number of anilines is 1. The molecule has 0 amide bonds. The summed E-state index contributed by atoms with van der Waals surface area (Å²) in [4.78, 5) is 11.3. The third-order valence-electron chi connectivity index (χ3n) is 1.95. The summed E-state index contributed by atoms with van der Waals surface area (Å²) in [5, 5.41) is 3.18. The average Bonchev–Trinajstić information content (AvgIpc) is 2.04. The van der Waals surface area contributed by atoms with Gasteiger partial charge < -0.3 is 5.32 Å². The van der Waals surface area contributed by atoms with Gasteiger partial charge in [-0.05, 0) is 18.2 Å². The van der Waals surface area contributed by atoms with Gasteiger partial charge in [-0.1, -0.05) is 15.9 Å². The molecule has 0 bridgehead atoms. The zero-order valence-electron chi connectivity index (χ0n) is 6.43. The Hall–Kier alpha value is -0.830. The van der Waals surface area contributed by atoms with Gasteiger partial charge >= 0.3 is 0 Å². The third kappa shape index (κ3) is 1.25. The fourth-order valence-electron chi connectivity index (χ4n) is 1.35. The smallest absolute Gasteiger partial charge is 0.166 e. The summed E-state index contributed by atoms with van der Waals surface area (Å²) >= 11 is 3.36. The van der Waals surface area contributed by atoms with E-state index >= 15 is 0 Å². The number of halogens is 1. The fraction of sp³-hybridized carbons (Fsp3) is 0.222. The van der Waals surface area contributed by atoms with Crippen LogP contribution in [0.25, 0.3) is 0 Å². The number of hydrogen-bond donors (Lipinski definition) is 1. The largest absolute Gasteiger partial charge is 0.384 e. The number of rotatable bonds is 0. The van der Waals surface area contributed by atoms with E-state index in [1.807, 2.05) is 18.2 Å². The zero-order valence-corrected chi connectivity index (χ0v) is 8.02. The molecule has 1 aromatic carbocycles. The molecule has 1 aliphatic rings. The van der Waals surface area contributed by atoms with Gasteiger partial charge in [0.15, 0.2) is 5.78 Å². The molecule has 3 heteroatoms. The Bertz CT molecular complexity index is 335. The molecule has 62 valence electrons. The summed E-state index contributed by atoms with van der Waals surface area (Å²) < 4.78 is 1.00. The lowest BCUT2D eigenvalue weighted by atomic mass is 10.0. The fourth-order valence-corrected chi connectivity index (χ4v) is 1.71.